The maximum atomic E-state index is 13.4. The SMILES string of the molecule is CCC(OC)C(=O)N1CCC2(CC1)CC(=O)N(Cc1ccc(F)c(F)c1)C2. The van der Waals surface area contributed by atoms with Crippen LogP contribution in [0, 0.1) is 17.0 Å². The fourth-order valence-corrected chi connectivity index (χ4v) is 4.17. The highest BCUT2D eigenvalue weighted by molar-refractivity contribution is 5.81. The lowest BCUT2D eigenvalue weighted by atomic mass is 9.77. The summed E-state index contributed by atoms with van der Waals surface area (Å²) in [4.78, 5) is 28.5. The molecule has 0 saturated carbocycles. The summed E-state index contributed by atoms with van der Waals surface area (Å²) >= 11 is 0. The highest BCUT2D eigenvalue weighted by Crippen LogP contribution is 2.41. The zero-order valence-electron chi connectivity index (χ0n) is 15.8. The van der Waals surface area contributed by atoms with Crippen molar-refractivity contribution in [3.05, 3.63) is 35.4 Å². The second-order valence-corrected chi connectivity index (χ2v) is 7.63. The summed E-state index contributed by atoms with van der Waals surface area (Å²) in [6.45, 7) is 4.02. The Hall–Kier alpha value is -2.02. The van der Waals surface area contributed by atoms with E-state index >= 15 is 0 Å². The lowest BCUT2D eigenvalue weighted by Crippen LogP contribution is -2.48. The third kappa shape index (κ3) is 4.13. The van der Waals surface area contributed by atoms with E-state index in [4.69, 9.17) is 4.74 Å². The second kappa shape index (κ2) is 7.92. The number of rotatable bonds is 5. The van der Waals surface area contributed by atoms with Gasteiger partial charge in [0, 0.05) is 45.1 Å². The molecule has 2 aliphatic heterocycles. The molecule has 2 heterocycles. The number of nitrogens with zero attached hydrogens (tertiary/aromatic N) is 2. The number of halogens is 2. The van der Waals surface area contributed by atoms with E-state index in [1.54, 1.807) is 12.0 Å². The molecule has 2 saturated heterocycles. The lowest BCUT2D eigenvalue weighted by Gasteiger charge is -2.39. The third-order valence-corrected chi connectivity index (χ3v) is 5.83. The van der Waals surface area contributed by atoms with Crippen LogP contribution in [0.25, 0.3) is 0 Å². The zero-order valence-corrected chi connectivity index (χ0v) is 15.8. The first-order valence-corrected chi connectivity index (χ1v) is 9.41. The molecule has 0 bridgehead atoms. The zero-order chi connectivity index (χ0) is 19.6. The topological polar surface area (TPSA) is 49.9 Å². The van der Waals surface area contributed by atoms with Crippen molar-refractivity contribution in [1.82, 2.24) is 9.80 Å². The van der Waals surface area contributed by atoms with Gasteiger partial charge < -0.3 is 14.5 Å². The minimum Gasteiger partial charge on any atom is -0.372 e. The summed E-state index contributed by atoms with van der Waals surface area (Å²) in [5.74, 6) is -1.74. The number of carbonyl (C=O) groups is 2. The molecule has 1 spiro atoms. The minimum absolute atomic E-state index is 0.0119. The molecule has 0 radical (unpaired) electrons. The summed E-state index contributed by atoms with van der Waals surface area (Å²) in [6.07, 6.45) is 2.20. The van der Waals surface area contributed by atoms with Gasteiger partial charge in [-0.3, -0.25) is 9.59 Å². The van der Waals surface area contributed by atoms with Crippen molar-refractivity contribution in [2.24, 2.45) is 5.41 Å². The van der Waals surface area contributed by atoms with Crippen molar-refractivity contribution in [1.29, 1.82) is 0 Å². The maximum Gasteiger partial charge on any atom is 0.251 e. The number of hydrogen-bond acceptors (Lipinski definition) is 3. The van der Waals surface area contributed by atoms with E-state index in [1.807, 2.05) is 11.8 Å². The van der Waals surface area contributed by atoms with Crippen LogP contribution in [-0.4, -0.2) is 54.5 Å². The predicted molar refractivity (Wildman–Crippen MR) is 95.7 cm³/mol. The number of hydrogen-bond donors (Lipinski definition) is 0. The highest BCUT2D eigenvalue weighted by atomic mass is 19.2. The van der Waals surface area contributed by atoms with Crippen LogP contribution >= 0.6 is 0 Å². The van der Waals surface area contributed by atoms with Gasteiger partial charge >= 0.3 is 0 Å². The van der Waals surface area contributed by atoms with Gasteiger partial charge in [-0.05, 0) is 37.0 Å². The highest BCUT2D eigenvalue weighted by Gasteiger charge is 2.45. The summed E-state index contributed by atoms with van der Waals surface area (Å²) in [5, 5.41) is 0. The van der Waals surface area contributed by atoms with Crippen molar-refractivity contribution in [3.63, 3.8) is 0 Å². The molecule has 5 nitrogen and oxygen atoms in total. The molecule has 2 amide bonds. The first-order valence-electron chi connectivity index (χ1n) is 9.41. The summed E-state index contributed by atoms with van der Waals surface area (Å²) in [5.41, 5.74) is 0.444. The number of piperidine rings is 1. The molecule has 0 aromatic heterocycles. The molecule has 3 rings (SSSR count). The largest absolute Gasteiger partial charge is 0.372 e. The monoisotopic (exact) mass is 380 g/mol. The van der Waals surface area contributed by atoms with Gasteiger partial charge in [0.25, 0.3) is 5.91 Å². The summed E-state index contributed by atoms with van der Waals surface area (Å²) in [6, 6.07) is 3.74. The van der Waals surface area contributed by atoms with Gasteiger partial charge in [0.2, 0.25) is 5.91 Å². The van der Waals surface area contributed by atoms with E-state index in [0.717, 1.165) is 25.0 Å². The van der Waals surface area contributed by atoms with E-state index in [0.29, 0.717) is 38.0 Å². The van der Waals surface area contributed by atoms with E-state index in [-0.39, 0.29) is 23.8 Å². The molecule has 1 aromatic rings. The number of amides is 2. The maximum absolute atomic E-state index is 13.4. The quantitative estimate of drug-likeness (QED) is 0.789. The fourth-order valence-electron chi connectivity index (χ4n) is 4.17. The fraction of sp³-hybridized carbons (Fsp3) is 0.600. The lowest BCUT2D eigenvalue weighted by molar-refractivity contribution is -0.144. The number of likely N-dealkylation sites (tertiary alicyclic amines) is 2. The van der Waals surface area contributed by atoms with Gasteiger partial charge in [0.1, 0.15) is 6.10 Å². The standard InChI is InChI=1S/C20H26F2N2O3/c1-3-17(27-2)19(26)23-8-6-20(7-9-23)11-18(25)24(13-20)12-14-4-5-15(21)16(22)10-14/h4-5,10,17H,3,6-9,11-13H2,1-2H3. The molecule has 0 aliphatic carbocycles. The molecule has 1 unspecified atom stereocenters. The van der Waals surface area contributed by atoms with Crippen LogP contribution in [0.5, 0.6) is 0 Å². The van der Waals surface area contributed by atoms with E-state index in [9.17, 15) is 18.4 Å². The Labute approximate surface area is 158 Å². The number of ether oxygens (including phenoxy) is 1. The molecule has 2 fully saturated rings. The molecular formula is C20H26F2N2O3. The minimum atomic E-state index is -0.899. The van der Waals surface area contributed by atoms with Crippen molar-refractivity contribution < 1.29 is 23.1 Å². The Morgan fingerprint density at radius 2 is 1.96 bits per heavy atom. The van der Waals surface area contributed by atoms with Crippen molar-refractivity contribution in [2.45, 2.75) is 45.3 Å². The van der Waals surface area contributed by atoms with E-state index in [1.165, 1.54) is 6.07 Å². The molecule has 2 aliphatic rings. The van der Waals surface area contributed by atoms with Gasteiger partial charge in [-0.2, -0.15) is 0 Å². The van der Waals surface area contributed by atoms with E-state index in [2.05, 4.69) is 0 Å². The first-order chi connectivity index (χ1) is 12.9. The van der Waals surface area contributed by atoms with Gasteiger partial charge in [-0.1, -0.05) is 13.0 Å². The van der Waals surface area contributed by atoms with Crippen molar-refractivity contribution in [2.75, 3.05) is 26.7 Å². The van der Waals surface area contributed by atoms with Crippen LogP contribution in [-0.2, 0) is 20.9 Å². The third-order valence-electron chi connectivity index (χ3n) is 5.83. The smallest absolute Gasteiger partial charge is 0.251 e. The molecule has 0 N–H and O–H groups in total. The Balaban J connectivity index is 1.60. The van der Waals surface area contributed by atoms with Crippen LogP contribution in [0.1, 0.15) is 38.2 Å². The van der Waals surface area contributed by atoms with Crippen LogP contribution in [0.4, 0.5) is 8.78 Å². The average Bonchev–Trinajstić information content (AvgIpc) is 2.94. The van der Waals surface area contributed by atoms with Gasteiger partial charge in [0.15, 0.2) is 11.6 Å². The molecule has 27 heavy (non-hydrogen) atoms. The number of methoxy groups -OCH3 is 1. The Kier molecular flexibility index (Phi) is 5.79. The van der Waals surface area contributed by atoms with Crippen molar-refractivity contribution >= 4 is 11.8 Å². The average molecular weight is 380 g/mol. The number of benzene rings is 1. The predicted octanol–water partition coefficient (Wildman–Crippen LogP) is 2.73. The van der Waals surface area contributed by atoms with Crippen LogP contribution < -0.4 is 0 Å². The Bertz CT molecular complexity index is 713. The molecule has 1 atom stereocenters. The van der Waals surface area contributed by atoms with Crippen LogP contribution in [0.3, 0.4) is 0 Å². The van der Waals surface area contributed by atoms with Gasteiger partial charge in [0.05, 0.1) is 0 Å². The van der Waals surface area contributed by atoms with Crippen LogP contribution in [0.2, 0.25) is 0 Å². The Morgan fingerprint density at radius 3 is 2.56 bits per heavy atom. The normalized spacial score (nSPS) is 20.4. The molecular weight excluding hydrogens is 354 g/mol. The second-order valence-electron chi connectivity index (χ2n) is 7.63. The first kappa shape index (κ1) is 19.7. The molecule has 148 valence electrons. The van der Waals surface area contributed by atoms with E-state index < -0.39 is 17.7 Å². The molecule has 1 aromatic carbocycles. The van der Waals surface area contributed by atoms with Gasteiger partial charge in [-0.15, -0.1) is 0 Å². The summed E-state index contributed by atoms with van der Waals surface area (Å²) in [7, 11) is 1.54. The summed E-state index contributed by atoms with van der Waals surface area (Å²) < 4.78 is 31.7. The van der Waals surface area contributed by atoms with Gasteiger partial charge in [-0.25, -0.2) is 8.78 Å². The molecule has 7 heteroatoms. The Morgan fingerprint density at radius 1 is 1.26 bits per heavy atom. The van der Waals surface area contributed by atoms with Crippen LogP contribution in [0.15, 0.2) is 18.2 Å². The van der Waals surface area contributed by atoms with Crippen molar-refractivity contribution in [3.8, 4) is 0 Å². The number of carbonyl (C=O) groups excluding carboxylic acids is 2.